The average molecular weight is 208 g/mol. The quantitative estimate of drug-likeness (QED) is 0.719. The average Bonchev–Trinajstić information content (AvgIpc) is 2.51. The summed E-state index contributed by atoms with van der Waals surface area (Å²) in [6, 6.07) is 5.69. The molecular formula is C10H10ClN3. The Morgan fingerprint density at radius 3 is 2.71 bits per heavy atom. The zero-order valence-electron chi connectivity index (χ0n) is 8.03. The first-order valence-electron chi connectivity index (χ1n) is 4.29. The minimum atomic E-state index is 0.738. The molecule has 0 amide bonds. The van der Waals surface area contributed by atoms with Gasteiger partial charge in [-0.15, -0.1) is 0 Å². The zero-order valence-corrected chi connectivity index (χ0v) is 8.78. The van der Waals surface area contributed by atoms with E-state index in [4.69, 9.17) is 11.6 Å². The van der Waals surface area contributed by atoms with Crippen LogP contribution in [0.15, 0.2) is 24.5 Å². The van der Waals surface area contributed by atoms with Crippen molar-refractivity contribution >= 4 is 11.6 Å². The maximum atomic E-state index is 5.86. The zero-order chi connectivity index (χ0) is 10.1. The first-order chi connectivity index (χ1) is 6.66. The highest BCUT2D eigenvalue weighted by molar-refractivity contribution is 6.30. The molecule has 0 saturated heterocycles. The van der Waals surface area contributed by atoms with Crippen molar-refractivity contribution < 1.29 is 0 Å². The Labute approximate surface area is 87.3 Å². The molecule has 0 aliphatic rings. The lowest BCUT2D eigenvalue weighted by Gasteiger charge is -2.00. The Kier molecular flexibility index (Phi) is 2.25. The summed E-state index contributed by atoms with van der Waals surface area (Å²) in [5.74, 6) is 0.738. The molecule has 0 N–H and O–H groups in total. The Morgan fingerprint density at radius 2 is 2.14 bits per heavy atom. The molecule has 4 heteroatoms. The van der Waals surface area contributed by atoms with E-state index in [0.29, 0.717) is 0 Å². The molecule has 1 aromatic carbocycles. The normalized spacial score (nSPS) is 10.5. The van der Waals surface area contributed by atoms with Crippen LogP contribution in [-0.2, 0) is 7.05 Å². The van der Waals surface area contributed by atoms with Crippen molar-refractivity contribution in [3.8, 4) is 11.4 Å². The number of aromatic nitrogens is 3. The number of aryl methyl sites for hydroxylation is 2. The maximum absolute atomic E-state index is 5.86. The predicted molar refractivity (Wildman–Crippen MR) is 56.2 cm³/mol. The van der Waals surface area contributed by atoms with E-state index in [1.807, 2.05) is 32.2 Å². The highest BCUT2D eigenvalue weighted by Crippen LogP contribution is 2.22. The van der Waals surface area contributed by atoms with Gasteiger partial charge in [0, 0.05) is 17.6 Å². The molecule has 0 bridgehead atoms. The molecule has 1 aromatic heterocycles. The number of hydrogen-bond donors (Lipinski definition) is 0. The van der Waals surface area contributed by atoms with Crippen molar-refractivity contribution in [3.05, 3.63) is 35.1 Å². The van der Waals surface area contributed by atoms with Gasteiger partial charge in [-0.1, -0.05) is 11.6 Å². The summed E-state index contributed by atoms with van der Waals surface area (Å²) in [4.78, 5) is 4.19. The summed E-state index contributed by atoms with van der Waals surface area (Å²) in [5.41, 5.74) is 2.11. The molecule has 0 aliphatic heterocycles. The van der Waals surface area contributed by atoms with Gasteiger partial charge in [-0.3, -0.25) is 4.68 Å². The van der Waals surface area contributed by atoms with E-state index < -0.39 is 0 Å². The first-order valence-corrected chi connectivity index (χ1v) is 4.67. The van der Waals surface area contributed by atoms with Crippen LogP contribution < -0.4 is 0 Å². The van der Waals surface area contributed by atoms with Crippen molar-refractivity contribution in [2.24, 2.45) is 7.05 Å². The number of benzene rings is 1. The number of rotatable bonds is 1. The molecule has 72 valence electrons. The molecule has 14 heavy (non-hydrogen) atoms. The van der Waals surface area contributed by atoms with E-state index in [0.717, 1.165) is 22.0 Å². The minimum Gasteiger partial charge on any atom is -0.255 e. The van der Waals surface area contributed by atoms with Crippen LogP contribution in [0.2, 0.25) is 5.02 Å². The van der Waals surface area contributed by atoms with Crippen LogP contribution in [0.5, 0.6) is 0 Å². The van der Waals surface area contributed by atoms with Gasteiger partial charge in [-0.05, 0) is 30.7 Å². The van der Waals surface area contributed by atoms with Crippen molar-refractivity contribution in [3.63, 3.8) is 0 Å². The summed E-state index contributed by atoms with van der Waals surface area (Å²) in [6.07, 6.45) is 1.68. The SMILES string of the molecule is Cc1cc(Cl)ccc1-c1ncn(C)n1. The predicted octanol–water partition coefficient (Wildman–Crippen LogP) is 2.44. The summed E-state index contributed by atoms with van der Waals surface area (Å²) in [7, 11) is 1.85. The second-order valence-electron chi connectivity index (χ2n) is 3.20. The first kappa shape index (κ1) is 9.21. The van der Waals surface area contributed by atoms with Gasteiger partial charge in [0.1, 0.15) is 6.33 Å². The Morgan fingerprint density at radius 1 is 1.36 bits per heavy atom. The molecule has 0 atom stereocenters. The van der Waals surface area contributed by atoms with Gasteiger partial charge >= 0.3 is 0 Å². The second kappa shape index (κ2) is 3.42. The third-order valence-electron chi connectivity index (χ3n) is 2.03. The molecule has 0 fully saturated rings. The monoisotopic (exact) mass is 207 g/mol. The molecule has 0 aliphatic carbocycles. The Hall–Kier alpha value is -1.35. The highest BCUT2D eigenvalue weighted by atomic mass is 35.5. The van der Waals surface area contributed by atoms with Gasteiger partial charge < -0.3 is 0 Å². The van der Waals surface area contributed by atoms with E-state index in [9.17, 15) is 0 Å². The standard InChI is InChI=1S/C10H10ClN3/c1-7-5-8(11)3-4-9(7)10-12-6-14(2)13-10/h3-6H,1-2H3. The van der Waals surface area contributed by atoms with Crippen LogP contribution in [0.25, 0.3) is 11.4 Å². The van der Waals surface area contributed by atoms with Crippen molar-refractivity contribution in [1.29, 1.82) is 0 Å². The molecule has 0 saturated carbocycles. The lowest BCUT2D eigenvalue weighted by molar-refractivity contribution is 0.768. The van der Waals surface area contributed by atoms with Gasteiger partial charge in [-0.25, -0.2) is 4.98 Å². The largest absolute Gasteiger partial charge is 0.255 e. The van der Waals surface area contributed by atoms with Crippen LogP contribution in [0.4, 0.5) is 0 Å². The summed E-state index contributed by atoms with van der Waals surface area (Å²) < 4.78 is 1.68. The van der Waals surface area contributed by atoms with Gasteiger partial charge in [0.25, 0.3) is 0 Å². The summed E-state index contributed by atoms with van der Waals surface area (Å²) in [6.45, 7) is 2.00. The molecular weight excluding hydrogens is 198 g/mol. The van der Waals surface area contributed by atoms with E-state index in [2.05, 4.69) is 10.1 Å². The van der Waals surface area contributed by atoms with Crippen LogP contribution in [-0.4, -0.2) is 14.8 Å². The Bertz CT molecular complexity index is 462. The van der Waals surface area contributed by atoms with Crippen molar-refractivity contribution in [2.45, 2.75) is 6.92 Å². The van der Waals surface area contributed by atoms with Crippen molar-refractivity contribution in [1.82, 2.24) is 14.8 Å². The summed E-state index contributed by atoms with van der Waals surface area (Å²) >= 11 is 5.86. The van der Waals surface area contributed by atoms with Crippen molar-refractivity contribution in [2.75, 3.05) is 0 Å². The van der Waals surface area contributed by atoms with Gasteiger partial charge in [0.05, 0.1) is 0 Å². The van der Waals surface area contributed by atoms with Gasteiger partial charge in [0.15, 0.2) is 5.82 Å². The van der Waals surface area contributed by atoms with E-state index >= 15 is 0 Å². The molecule has 0 spiro atoms. The van der Waals surface area contributed by atoms with E-state index in [1.165, 1.54) is 0 Å². The molecule has 2 aromatic rings. The molecule has 2 rings (SSSR count). The van der Waals surface area contributed by atoms with Crippen LogP contribution >= 0.6 is 11.6 Å². The number of halogens is 1. The van der Waals surface area contributed by atoms with Gasteiger partial charge in [-0.2, -0.15) is 5.10 Å². The lowest BCUT2D eigenvalue weighted by Crippen LogP contribution is -1.89. The van der Waals surface area contributed by atoms with Crippen LogP contribution in [0.1, 0.15) is 5.56 Å². The molecule has 0 radical (unpaired) electrons. The Balaban J connectivity index is 2.52. The fourth-order valence-corrected chi connectivity index (χ4v) is 1.57. The number of hydrogen-bond acceptors (Lipinski definition) is 2. The summed E-state index contributed by atoms with van der Waals surface area (Å²) in [5, 5.41) is 4.97. The third kappa shape index (κ3) is 1.63. The van der Waals surface area contributed by atoms with Crippen LogP contribution in [0.3, 0.4) is 0 Å². The topological polar surface area (TPSA) is 30.7 Å². The van der Waals surface area contributed by atoms with E-state index in [-0.39, 0.29) is 0 Å². The molecule has 3 nitrogen and oxygen atoms in total. The highest BCUT2D eigenvalue weighted by Gasteiger charge is 2.06. The van der Waals surface area contributed by atoms with Crippen LogP contribution in [0, 0.1) is 6.92 Å². The van der Waals surface area contributed by atoms with E-state index in [1.54, 1.807) is 11.0 Å². The number of nitrogens with zero attached hydrogens (tertiary/aromatic N) is 3. The fraction of sp³-hybridized carbons (Fsp3) is 0.200. The lowest BCUT2D eigenvalue weighted by atomic mass is 10.1. The minimum absolute atomic E-state index is 0.738. The molecule has 1 heterocycles. The second-order valence-corrected chi connectivity index (χ2v) is 3.64. The molecule has 0 unspecified atom stereocenters. The third-order valence-corrected chi connectivity index (χ3v) is 2.26. The maximum Gasteiger partial charge on any atom is 0.181 e. The fourth-order valence-electron chi connectivity index (χ4n) is 1.34. The van der Waals surface area contributed by atoms with Gasteiger partial charge in [0.2, 0.25) is 0 Å². The smallest absolute Gasteiger partial charge is 0.181 e.